The summed E-state index contributed by atoms with van der Waals surface area (Å²) in [7, 11) is -3.16. The Morgan fingerprint density at radius 3 is 2.33 bits per heavy atom. The zero-order valence-corrected chi connectivity index (χ0v) is 17.2. The number of sulfone groups is 1. The molecule has 2 unspecified atom stereocenters. The van der Waals surface area contributed by atoms with Gasteiger partial charge in [-0.2, -0.15) is 0 Å². The molecule has 2 aliphatic rings. The van der Waals surface area contributed by atoms with Crippen LogP contribution in [0.2, 0.25) is 0 Å². The van der Waals surface area contributed by atoms with E-state index in [4.69, 9.17) is 0 Å². The fourth-order valence-corrected chi connectivity index (χ4v) is 6.30. The van der Waals surface area contributed by atoms with Gasteiger partial charge in [0.25, 0.3) is 0 Å². The van der Waals surface area contributed by atoms with E-state index in [1.165, 1.54) is 5.56 Å². The highest BCUT2D eigenvalue weighted by Gasteiger charge is 2.49. The smallest absolute Gasteiger partial charge is 0.241 e. The zero-order valence-electron chi connectivity index (χ0n) is 14.8. The molecule has 2 heterocycles. The van der Waals surface area contributed by atoms with Gasteiger partial charge in [0.15, 0.2) is 9.84 Å². The Labute approximate surface area is 168 Å². The number of fused-ring (bicyclic) bond motifs is 1. The molecule has 2 aromatic rings. The highest BCUT2D eigenvalue weighted by atomic mass is 79.9. The van der Waals surface area contributed by atoms with Crippen LogP contribution in [-0.4, -0.2) is 55.9 Å². The molecule has 2 aliphatic heterocycles. The molecule has 27 heavy (non-hydrogen) atoms. The van der Waals surface area contributed by atoms with Gasteiger partial charge < -0.3 is 4.90 Å². The van der Waals surface area contributed by atoms with Crippen LogP contribution >= 0.6 is 15.9 Å². The summed E-state index contributed by atoms with van der Waals surface area (Å²) in [4.78, 5) is 16.7. The highest BCUT2D eigenvalue weighted by molar-refractivity contribution is 9.10. The second kappa shape index (κ2) is 7.37. The minimum atomic E-state index is -3.16. The van der Waals surface area contributed by atoms with E-state index >= 15 is 0 Å². The van der Waals surface area contributed by atoms with E-state index in [1.54, 1.807) is 4.90 Å². The molecule has 7 heteroatoms. The first-order valence-corrected chi connectivity index (χ1v) is 11.6. The van der Waals surface area contributed by atoms with Crippen LogP contribution in [-0.2, 0) is 21.1 Å². The van der Waals surface area contributed by atoms with Crippen LogP contribution < -0.4 is 4.90 Å². The summed E-state index contributed by atoms with van der Waals surface area (Å²) < 4.78 is 25.7. The number of rotatable bonds is 4. The van der Waals surface area contributed by atoms with Crippen molar-refractivity contribution in [3.8, 4) is 0 Å². The summed E-state index contributed by atoms with van der Waals surface area (Å²) >= 11 is 3.40. The number of anilines is 1. The van der Waals surface area contributed by atoms with Crippen molar-refractivity contribution in [1.29, 1.82) is 0 Å². The van der Waals surface area contributed by atoms with Gasteiger partial charge in [-0.05, 0) is 36.2 Å². The summed E-state index contributed by atoms with van der Waals surface area (Å²) in [5.41, 5.74) is 1.95. The lowest BCUT2D eigenvalue weighted by atomic mass is 10.0. The lowest BCUT2D eigenvalue weighted by molar-refractivity contribution is -0.123. The van der Waals surface area contributed by atoms with Gasteiger partial charge in [0.1, 0.15) is 0 Å². The average molecular weight is 449 g/mol. The van der Waals surface area contributed by atoms with E-state index in [2.05, 4.69) is 33.0 Å². The zero-order chi connectivity index (χ0) is 19.0. The molecule has 142 valence electrons. The van der Waals surface area contributed by atoms with Gasteiger partial charge in [-0.15, -0.1) is 0 Å². The van der Waals surface area contributed by atoms with Crippen molar-refractivity contribution in [1.82, 2.24) is 4.90 Å². The third-order valence-electron chi connectivity index (χ3n) is 5.34. The van der Waals surface area contributed by atoms with E-state index in [0.717, 1.165) is 16.6 Å². The Kier molecular flexibility index (Phi) is 5.09. The molecule has 5 nitrogen and oxygen atoms in total. The molecule has 2 fully saturated rings. The van der Waals surface area contributed by atoms with Crippen molar-refractivity contribution in [3.63, 3.8) is 0 Å². The molecule has 0 saturated carbocycles. The van der Waals surface area contributed by atoms with Gasteiger partial charge in [0, 0.05) is 22.7 Å². The van der Waals surface area contributed by atoms with Crippen LogP contribution in [0.5, 0.6) is 0 Å². The van der Waals surface area contributed by atoms with Gasteiger partial charge in [0.05, 0.1) is 24.1 Å². The van der Waals surface area contributed by atoms with Gasteiger partial charge >= 0.3 is 0 Å². The molecule has 0 spiro atoms. The number of carbonyl (C=O) groups excluding carboxylic acids is 1. The Hall–Kier alpha value is -1.70. The lowest BCUT2D eigenvalue weighted by Gasteiger charge is -2.43. The maximum Gasteiger partial charge on any atom is 0.241 e. The predicted molar refractivity (Wildman–Crippen MR) is 110 cm³/mol. The highest BCUT2D eigenvalue weighted by Crippen LogP contribution is 2.32. The molecule has 2 atom stereocenters. The maximum absolute atomic E-state index is 12.9. The van der Waals surface area contributed by atoms with Crippen LogP contribution in [0.4, 0.5) is 5.69 Å². The first kappa shape index (κ1) is 18.7. The van der Waals surface area contributed by atoms with E-state index < -0.39 is 9.84 Å². The first-order chi connectivity index (χ1) is 12.9. The summed E-state index contributed by atoms with van der Waals surface area (Å²) in [6, 6.07) is 17.1. The predicted octanol–water partition coefficient (Wildman–Crippen LogP) is 2.51. The van der Waals surface area contributed by atoms with Crippen LogP contribution in [0.3, 0.4) is 0 Å². The lowest BCUT2D eigenvalue weighted by Crippen LogP contribution is -2.62. The minimum absolute atomic E-state index is 0.0291. The monoisotopic (exact) mass is 448 g/mol. The topological polar surface area (TPSA) is 57.7 Å². The SMILES string of the molecule is O=C1CN(CCc2ccccc2)C2CS(=O)(=O)CC2N1c1ccc(Br)cc1. The Morgan fingerprint density at radius 2 is 1.63 bits per heavy atom. The molecule has 0 aliphatic carbocycles. The summed E-state index contributed by atoms with van der Waals surface area (Å²) in [6.45, 7) is 0.931. The number of carbonyl (C=O) groups is 1. The molecular formula is C20H21BrN2O3S. The van der Waals surface area contributed by atoms with E-state index in [0.29, 0.717) is 6.54 Å². The molecule has 1 amide bonds. The van der Waals surface area contributed by atoms with Gasteiger partial charge in [-0.3, -0.25) is 9.69 Å². The molecule has 0 radical (unpaired) electrons. The quantitative estimate of drug-likeness (QED) is 0.720. The third-order valence-corrected chi connectivity index (χ3v) is 7.56. The van der Waals surface area contributed by atoms with Crippen molar-refractivity contribution in [3.05, 3.63) is 64.6 Å². The van der Waals surface area contributed by atoms with Crippen molar-refractivity contribution in [2.24, 2.45) is 0 Å². The van der Waals surface area contributed by atoms with Gasteiger partial charge in [0.2, 0.25) is 5.91 Å². The van der Waals surface area contributed by atoms with Crippen molar-refractivity contribution >= 4 is 37.4 Å². The summed E-state index contributed by atoms with van der Waals surface area (Å²) in [5, 5.41) is 0. The van der Waals surface area contributed by atoms with Crippen molar-refractivity contribution in [2.75, 3.05) is 29.5 Å². The molecule has 0 N–H and O–H groups in total. The van der Waals surface area contributed by atoms with E-state index in [1.807, 2.05) is 42.5 Å². The van der Waals surface area contributed by atoms with Crippen LogP contribution in [0, 0.1) is 0 Å². The fourth-order valence-electron chi connectivity index (χ4n) is 4.06. The van der Waals surface area contributed by atoms with Crippen molar-refractivity contribution in [2.45, 2.75) is 18.5 Å². The van der Waals surface area contributed by atoms with Gasteiger partial charge in [-0.1, -0.05) is 46.3 Å². The Balaban J connectivity index is 1.59. The standard InChI is InChI=1S/C20H21BrN2O3S/c21-16-6-8-17(9-7-16)23-19-14-27(25,26)13-18(19)22(12-20(23)24)11-10-15-4-2-1-3-5-15/h1-9,18-19H,10-14H2. The fraction of sp³-hybridized carbons (Fsp3) is 0.350. The third kappa shape index (κ3) is 3.95. The molecule has 2 aromatic carbocycles. The Morgan fingerprint density at radius 1 is 0.963 bits per heavy atom. The maximum atomic E-state index is 12.9. The number of halogens is 1. The number of nitrogens with zero attached hydrogens (tertiary/aromatic N) is 2. The van der Waals surface area contributed by atoms with Crippen molar-refractivity contribution < 1.29 is 13.2 Å². The first-order valence-electron chi connectivity index (χ1n) is 8.99. The largest absolute Gasteiger partial charge is 0.306 e. The number of amides is 1. The number of piperazine rings is 1. The molecule has 2 saturated heterocycles. The van der Waals surface area contributed by atoms with E-state index in [-0.39, 0.29) is 36.0 Å². The minimum Gasteiger partial charge on any atom is -0.306 e. The number of benzene rings is 2. The Bertz CT molecular complexity index is 931. The van der Waals surface area contributed by atoms with Crippen LogP contribution in [0.1, 0.15) is 5.56 Å². The molecule has 0 aromatic heterocycles. The van der Waals surface area contributed by atoms with Crippen LogP contribution in [0.25, 0.3) is 0 Å². The van der Waals surface area contributed by atoms with E-state index in [9.17, 15) is 13.2 Å². The summed E-state index contributed by atoms with van der Waals surface area (Å²) in [6.07, 6.45) is 0.801. The normalized spacial score (nSPS) is 24.8. The average Bonchev–Trinajstić information content (AvgIpc) is 2.97. The second-order valence-corrected chi connectivity index (χ2v) is 10.2. The number of hydrogen-bond donors (Lipinski definition) is 0. The summed E-state index contributed by atoms with van der Waals surface area (Å²) in [5.74, 6) is 0.109. The second-order valence-electron chi connectivity index (χ2n) is 7.16. The molecule has 0 bridgehead atoms. The molecular weight excluding hydrogens is 428 g/mol. The number of hydrogen-bond acceptors (Lipinski definition) is 4. The van der Waals surface area contributed by atoms with Crippen LogP contribution in [0.15, 0.2) is 59.1 Å². The molecule has 4 rings (SSSR count). The van der Waals surface area contributed by atoms with Gasteiger partial charge in [-0.25, -0.2) is 8.42 Å².